The third kappa shape index (κ3) is 4.07. The molecule has 1 atom stereocenters. The summed E-state index contributed by atoms with van der Waals surface area (Å²) in [5.74, 6) is 0.770. The molecule has 1 unspecified atom stereocenters. The lowest BCUT2D eigenvalue weighted by Gasteiger charge is -2.27. The molecule has 1 aliphatic carbocycles. The molecule has 21 heavy (non-hydrogen) atoms. The standard InChI is InChI=1S/C15H19F3N2S/c16-15(17,18)21-8-7-20-10-13(11-5-6-11)19-9-12-3-1-2-4-14(12)20/h1-4,11,13,19H,5-10H2. The van der Waals surface area contributed by atoms with Gasteiger partial charge < -0.3 is 10.2 Å². The summed E-state index contributed by atoms with van der Waals surface area (Å²) in [6.45, 7) is 2.05. The molecule has 0 amide bonds. The molecule has 1 heterocycles. The maximum Gasteiger partial charge on any atom is 0.441 e. The molecule has 1 aromatic carbocycles. The fourth-order valence-electron chi connectivity index (χ4n) is 2.91. The van der Waals surface area contributed by atoms with Gasteiger partial charge in [-0.1, -0.05) is 18.2 Å². The monoisotopic (exact) mass is 316 g/mol. The first kappa shape index (κ1) is 15.0. The van der Waals surface area contributed by atoms with Crippen LogP contribution in [0, 0.1) is 5.92 Å². The van der Waals surface area contributed by atoms with Crippen molar-refractivity contribution in [3.8, 4) is 0 Å². The van der Waals surface area contributed by atoms with Crippen molar-refractivity contribution < 1.29 is 13.2 Å². The molecule has 2 aliphatic rings. The Morgan fingerprint density at radius 1 is 1.24 bits per heavy atom. The quantitative estimate of drug-likeness (QED) is 0.913. The lowest BCUT2D eigenvalue weighted by atomic mass is 10.1. The molecule has 116 valence electrons. The minimum absolute atomic E-state index is 0.0719. The highest BCUT2D eigenvalue weighted by Crippen LogP contribution is 2.36. The molecule has 0 spiro atoms. The molecule has 1 aliphatic heterocycles. The zero-order valence-corrected chi connectivity index (χ0v) is 12.5. The Balaban J connectivity index is 1.70. The van der Waals surface area contributed by atoms with Gasteiger partial charge in [0.05, 0.1) is 0 Å². The zero-order chi connectivity index (χ0) is 14.9. The number of anilines is 1. The fourth-order valence-corrected chi connectivity index (χ4v) is 3.45. The van der Waals surface area contributed by atoms with Crippen LogP contribution in [0.1, 0.15) is 18.4 Å². The highest BCUT2D eigenvalue weighted by Gasteiger charge is 2.34. The first-order chi connectivity index (χ1) is 10.0. The van der Waals surface area contributed by atoms with Gasteiger partial charge in [0.1, 0.15) is 0 Å². The van der Waals surface area contributed by atoms with Gasteiger partial charge in [-0.2, -0.15) is 13.2 Å². The van der Waals surface area contributed by atoms with Crippen molar-refractivity contribution >= 4 is 17.4 Å². The van der Waals surface area contributed by atoms with E-state index in [-0.39, 0.29) is 17.5 Å². The topological polar surface area (TPSA) is 15.3 Å². The van der Waals surface area contributed by atoms with Gasteiger partial charge in [-0.05, 0) is 42.2 Å². The number of para-hydroxylation sites is 1. The number of fused-ring (bicyclic) bond motifs is 1. The number of thioether (sulfide) groups is 1. The van der Waals surface area contributed by atoms with E-state index < -0.39 is 5.51 Å². The normalized spacial score (nSPS) is 22.8. The van der Waals surface area contributed by atoms with Crippen LogP contribution < -0.4 is 10.2 Å². The van der Waals surface area contributed by atoms with Gasteiger partial charge in [0, 0.05) is 37.1 Å². The highest BCUT2D eigenvalue weighted by atomic mass is 32.2. The van der Waals surface area contributed by atoms with Crippen molar-refractivity contribution in [2.45, 2.75) is 30.9 Å². The Morgan fingerprint density at radius 3 is 2.71 bits per heavy atom. The summed E-state index contributed by atoms with van der Waals surface area (Å²) in [7, 11) is 0. The van der Waals surface area contributed by atoms with Crippen LogP contribution >= 0.6 is 11.8 Å². The van der Waals surface area contributed by atoms with Crippen LogP contribution in [0.2, 0.25) is 0 Å². The Labute approximate surface area is 127 Å². The predicted octanol–water partition coefficient (Wildman–Crippen LogP) is 3.63. The summed E-state index contributed by atoms with van der Waals surface area (Å²) in [5.41, 5.74) is -1.88. The summed E-state index contributed by atoms with van der Waals surface area (Å²) in [6, 6.07) is 8.42. The molecular weight excluding hydrogens is 297 g/mol. The van der Waals surface area contributed by atoms with E-state index in [4.69, 9.17) is 0 Å². The van der Waals surface area contributed by atoms with Crippen molar-refractivity contribution in [3.05, 3.63) is 29.8 Å². The van der Waals surface area contributed by atoms with Crippen LogP contribution in [-0.2, 0) is 6.54 Å². The number of halogens is 3. The first-order valence-electron chi connectivity index (χ1n) is 7.30. The Hall–Kier alpha value is -0.880. The number of alkyl halides is 3. The molecule has 6 heteroatoms. The third-order valence-electron chi connectivity index (χ3n) is 4.12. The van der Waals surface area contributed by atoms with E-state index in [2.05, 4.69) is 16.3 Å². The van der Waals surface area contributed by atoms with Gasteiger partial charge in [-0.3, -0.25) is 0 Å². The van der Waals surface area contributed by atoms with Gasteiger partial charge in [-0.15, -0.1) is 0 Å². The van der Waals surface area contributed by atoms with E-state index in [1.54, 1.807) is 0 Å². The predicted molar refractivity (Wildman–Crippen MR) is 80.5 cm³/mol. The average Bonchev–Trinajstić information content (AvgIpc) is 3.24. The summed E-state index contributed by atoms with van der Waals surface area (Å²) in [6.07, 6.45) is 2.47. The zero-order valence-electron chi connectivity index (χ0n) is 11.7. The van der Waals surface area contributed by atoms with Crippen molar-refractivity contribution in [3.63, 3.8) is 0 Å². The van der Waals surface area contributed by atoms with E-state index in [1.165, 1.54) is 18.4 Å². The molecule has 1 saturated carbocycles. The molecule has 0 aromatic heterocycles. The van der Waals surface area contributed by atoms with Crippen LogP contribution in [0.4, 0.5) is 18.9 Å². The maximum absolute atomic E-state index is 12.3. The molecule has 2 nitrogen and oxygen atoms in total. The second kappa shape index (κ2) is 6.08. The van der Waals surface area contributed by atoms with Gasteiger partial charge in [0.25, 0.3) is 0 Å². The van der Waals surface area contributed by atoms with Crippen LogP contribution in [-0.4, -0.2) is 30.4 Å². The SMILES string of the molecule is FC(F)(F)SCCN1CC(C2CC2)NCc2ccccc21. The van der Waals surface area contributed by atoms with Gasteiger partial charge in [0.15, 0.2) is 0 Å². The first-order valence-corrected chi connectivity index (χ1v) is 8.28. The molecule has 0 radical (unpaired) electrons. The number of hydrogen-bond donors (Lipinski definition) is 1. The number of rotatable bonds is 4. The molecule has 1 N–H and O–H groups in total. The highest BCUT2D eigenvalue weighted by molar-refractivity contribution is 8.00. The van der Waals surface area contributed by atoms with Crippen molar-refractivity contribution in [1.29, 1.82) is 0 Å². The van der Waals surface area contributed by atoms with E-state index >= 15 is 0 Å². The molecule has 1 aromatic rings. The van der Waals surface area contributed by atoms with Gasteiger partial charge in [0.2, 0.25) is 0 Å². The van der Waals surface area contributed by atoms with E-state index in [0.717, 1.165) is 18.8 Å². The summed E-state index contributed by atoms with van der Waals surface area (Å²) >= 11 is 0.0719. The van der Waals surface area contributed by atoms with Crippen molar-refractivity contribution in [1.82, 2.24) is 5.32 Å². The number of nitrogens with zero attached hydrogens (tertiary/aromatic N) is 1. The minimum atomic E-state index is -4.14. The van der Waals surface area contributed by atoms with E-state index in [0.29, 0.717) is 18.5 Å². The van der Waals surface area contributed by atoms with Gasteiger partial charge >= 0.3 is 5.51 Å². The van der Waals surface area contributed by atoms with Crippen LogP contribution in [0.3, 0.4) is 0 Å². The van der Waals surface area contributed by atoms with E-state index in [9.17, 15) is 13.2 Å². The molecule has 0 saturated heterocycles. The minimum Gasteiger partial charge on any atom is -0.369 e. The van der Waals surface area contributed by atoms with Crippen LogP contribution in [0.25, 0.3) is 0 Å². The van der Waals surface area contributed by atoms with Crippen molar-refractivity contribution in [2.75, 3.05) is 23.7 Å². The lowest BCUT2D eigenvalue weighted by Crippen LogP contribution is -2.40. The molecule has 1 fully saturated rings. The average molecular weight is 316 g/mol. The largest absolute Gasteiger partial charge is 0.441 e. The molecular formula is C15H19F3N2S. The lowest BCUT2D eigenvalue weighted by molar-refractivity contribution is -0.0327. The second-order valence-electron chi connectivity index (χ2n) is 5.69. The number of benzene rings is 1. The molecule has 3 rings (SSSR count). The van der Waals surface area contributed by atoms with Crippen LogP contribution in [0.5, 0.6) is 0 Å². The third-order valence-corrected chi connectivity index (χ3v) is 4.84. The summed E-state index contributed by atoms with van der Waals surface area (Å²) < 4.78 is 37.0. The fraction of sp³-hybridized carbons (Fsp3) is 0.600. The Morgan fingerprint density at radius 2 is 2.00 bits per heavy atom. The van der Waals surface area contributed by atoms with Crippen LogP contribution in [0.15, 0.2) is 24.3 Å². The summed E-state index contributed by atoms with van der Waals surface area (Å²) in [5, 5.41) is 3.57. The number of nitrogens with one attached hydrogen (secondary N) is 1. The smallest absolute Gasteiger partial charge is 0.369 e. The molecule has 0 bridgehead atoms. The van der Waals surface area contributed by atoms with E-state index in [1.807, 2.05) is 18.2 Å². The van der Waals surface area contributed by atoms with Gasteiger partial charge in [-0.25, -0.2) is 0 Å². The number of hydrogen-bond acceptors (Lipinski definition) is 3. The Kier molecular flexibility index (Phi) is 4.36. The Bertz CT molecular complexity index is 488. The van der Waals surface area contributed by atoms with Crippen molar-refractivity contribution in [2.24, 2.45) is 5.92 Å². The second-order valence-corrected chi connectivity index (χ2v) is 6.85. The maximum atomic E-state index is 12.3. The summed E-state index contributed by atoms with van der Waals surface area (Å²) in [4.78, 5) is 2.12.